The van der Waals surface area contributed by atoms with Crippen molar-refractivity contribution in [2.75, 3.05) is 5.32 Å². The van der Waals surface area contributed by atoms with Gasteiger partial charge in [0.1, 0.15) is 0 Å². The number of para-hydroxylation sites is 1. The van der Waals surface area contributed by atoms with E-state index in [0.717, 1.165) is 29.2 Å². The maximum Gasteiger partial charge on any atom is 0.416 e. The summed E-state index contributed by atoms with van der Waals surface area (Å²) in [5.41, 5.74) is 4.59. The Morgan fingerprint density at radius 2 is 1.48 bits per heavy atom. The first-order valence-corrected chi connectivity index (χ1v) is 9.79. The molecular weight excluding hydrogens is 373 g/mol. The number of halogens is 3. The average molecular weight is 403 g/mol. The summed E-state index contributed by atoms with van der Waals surface area (Å²) in [5.74, 6) is 0.683. The molecule has 0 saturated heterocycles. The zero-order chi connectivity index (χ0) is 21.8. The van der Waals surface area contributed by atoms with Crippen LogP contribution in [0, 0.1) is 0 Å². The summed E-state index contributed by atoms with van der Waals surface area (Å²) in [6, 6.07) is 11.4. The first kappa shape index (κ1) is 22.7. The van der Waals surface area contributed by atoms with Crippen molar-refractivity contribution in [3.63, 3.8) is 0 Å². The van der Waals surface area contributed by atoms with Crippen LogP contribution in [0.25, 0.3) is 0 Å². The molecule has 0 aromatic heterocycles. The maximum absolute atomic E-state index is 12.9. The summed E-state index contributed by atoms with van der Waals surface area (Å²) in [5, 5.41) is 3.03. The second-order valence-electron chi connectivity index (χ2n) is 7.88. The molecule has 156 valence electrons. The van der Waals surface area contributed by atoms with Crippen LogP contribution in [0.1, 0.15) is 70.1 Å². The Bertz CT molecular complexity index is 880. The van der Waals surface area contributed by atoms with Gasteiger partial charge in [0.2, 0.25) is 0 Å². The van der Waals surface area contributed by atoms with Crippen LogP contribution < -0.4 is 5.32 Å². The molecule has 5 heteroatoms. The lowest BCUT2D eigenvalue weighted by atomic mass is 9.93. The van der Waals surface area contributed by atoms with Crippen molar-refractivity contribution in [3.05, 3.63) is 70.9 Å². The fourth-order valence-electron chi connectivity index (χ4n) is 3.20. The summed E-state index contributed by atoms with van der Waals surface area (Å²) < 4.78 is 38.7. The zero-order valence-corrected chi connectivity index (χ0v) is 17.9. The number of rotatable bonds is 6. The summed E-state index contributed by atoms with van der Waals surface area (Å²) in [6.45, 7) is 12.3. The van der Waals surface area contributed by atoms with Crippen molar-refractivity contribution in [1.82, 2.24) is 0 Å². The van der Waals surface area contributed by atoms with Gasteiger partial charge in [-0.25, -0.2) is 0 Å². The topological polar surface area (TPSA) is 24.4 Å². The van der Waals surface area contributed by atoms with Gasteiger partial charge in [-0.2, -0.15) is 13.2 Å². The Kier molecular flexibility index (Phi) is 7.28. The van der Waals surface area contributed by atoms with Crippen molar-refractivity contribution in [2.45, 2.75) is 59.6 Å². The number of nitrogens with zero attached hydrogens (tertiary/aromatic N) is 1. The van der Waals surface area contributed by atoms with Gasteiger partial charge in [-0.05, 0) is 61.1 Å². The van der Waals surface area contributed by atoms with Crippen LogP contribution in [0.3, 0.4) is 0 Å². The van der Waals surface area contributed by atoms with Gasteiger partial charge in [-0.3, -0.25) is 4.99 Å². The van der Waals surface area contributed by atoms with Crippen LogP contribution in [0.5, 0.6) is 0 Å². The Balaban J connectivity index is 2.33. The monoisotopic (exact) mass is 402 g/mol. The van der Waals surface area contributed by atoms with Crippen molar-refractivity contribution in [1.29, 1.82) is 0 Å². The molecule has 0 unspecified atom stereocenters. The molecule has 2 aromatic carbocycles. The van der Waals surface area contributed by atoms with Gasteiger partial charge in [0.05, 0.1) is 11.3 Å². The van der Waals surface area contributed by atoms with E-state index in [4.69, 9.17) is 4.99 Å². The van der Waals surface area contributed by atoms with Gasteiger partial charge >= 0.3 is 6.18 Å². The number of hydrogen-bond donors (Lipinski definition) is 1. The van der Waals surface area contributed by atoms with Gasteiger partial charge in [0.15, 0.2) is 0 Å². The smallest absolute Gasteiger partial charge is 0.359 e. The number of alkyl halides is 3. The molecule has 0 amide bonds. The molecule has 2 nitrogen and oxygen atoms in total. The molecule has 0 fully saturated rings. The summed E-state index contributed by atoms with van der Waals surface area (Å²) in [6.07, 6.45) is -2.51. The van der Waals surface area contributed by atoms with Crippen LogP contribution in [0.15, 0.2) is 59.2 Å². The minimum Gasteiger partial charge on any atom is -0.359 e. The summed E-state index contributed by atoms with van der Waals surface area (Å²) in [7, 11) is 0. The fourth-order valence-corrected chi connectivity index (χ4v) is 3.20. The molecule has 29 heavy (non-hydrogen) atoms. The predicted molar refractivity (Wildman–Crippen MR) is 116 cm³/mol. The molecule has 1 N–H and O–H groups in total. The summed E-state index contributed by atoms with van der Waals surface area (Å²) in [4.78, 5) is 4.86. The fraction of sp³-hybridized carbons (Fsp3) is 0.375. The molecule has 0 aliphatic carbocycles. The van der Waals surface area contributed by atoms with E-state index in [0.29, 0.717) is 17.5 Å². The van der Waals surface area contributed by atoms with E-state index in [1.54, 1.807) is 6.07 Å². The lowest BCUT2D eigenvalue weighted by Crippen LogP contribution is -2.06. The molecule has 0 heterocycles. The van der Waals surface area contributed by atoms with Crippen molar-refractivity contribution >= 4 is 17.1 Å². The number of anilines is 1. The van der Waals surface area contributed by atoms with Crippen LogP contribution in [0.2, 0.25) is 0 Å². The number of benzene rings is 2. The SMILES string of the molecule is CC(/C=C(\C)Nc1cccc(C(F)(F)F)c1)=Nc1c(C(C)C)cccc1C(C)C. The third-order valence-electron chi connectivity index (χ3n) is 4.59. The average Bonchev–Trinajstić information content (AvgIpc) is 2.60. The number of aliphatic imine (C=N–C) groups is 1. The largest absolute Gasteiger partial charge is 0.416 e. The van der Waals surface area contributed by atoms with Crippen LogP contribution >= 0.6 is 0 Å². The normalized spacial score (nSPS) is 13.3. The third kappa shape index (κ3) is 6.21. The number of nitrogens with one attached hydrogen (secondary N) is 1. The lowest BCUT2D eigenvalue weighted by molar-refractivity contribution is -0.137. The Hall–Kier alpha value is -2.56. The van der Waals surface area contributed by atoms with E-state index in [1.807, 2.05) is 19.9 Å². The van der Waals surface area contributed by atoms with Gasteiger partial charge in [0, 0.05) is 17.1 Å². The third-order valence-corrected chi connectivity index (χ3v) is 4.59. The molecule has 0 radical (unpaired) electrons. The maximum atomic E-state index is 12.9. The van der Waals surface area contributed by atoms with E-state index in [2.05, 4.69) is 51.2 Å². The van der Waals surface area contributed by atoms with Gasteiger partial charge in [0.25, 0.3) is 0 Å². The van der Waals surface area contributed by atoms with Crippen molar-refractivity contribution < 1.29 is 13.2 Å². The molecule has 0 aliphatic rings. The highest BCUT2D eigenvalue weighted by Gasteiger charge is 2.30. The molecule has 0 atom stereocenters. The van der Waals surface area contributed by atoms with E-state index >= 15 is 0 Å². The molecule has 0 bridgehead atoms. The first-order chi connectivity index (χ1) is 13.5. The zero-order valence-electron chi connectivity index (χ0n) is 17.9. The Morgan fingerprint density at radius 3 is 2.00 bits per heavy atom. The highest BCUT2D eigenvalue weighted by Crippen LogP contribution is 2.35. The molecule has 0 spiro atoms. The lowest BCUT2D eigenvalue weighted by Gasteiger charge is -2.17. The Morgan fingerprint density at radius 1 is 0.931 bits per heavy atom. The van der Waals surface area contributed by atoms with Gasteiger partial charge in [-0.1, -0.05) is 52.0 Å². The minimum absolute atomic E-state index is 0.341. The molecule has 2 rings (SSSR count). The highest BCUT2D eigenvalue weighted by molar-refractivity contribution is 5.96. The molecule has 2 aromatic rings. The second-order valence-corrected chi connectivity index (χ2v) is 7.88. The number of hydrogen-bond acceptors (Lipinski definition) is 2. The van der Waals surface area contributed by atoms with E-state index < -0.39 is 11.7 Å². The van der Waals surface area contributed by atoms with E-state index in [9.17, 15) is 13.2 Å². The second kappa shape index (κ2) is 9.29. The highest BCUT2D eigenvalue weighted by atomic mass is 19.4. The first-order valence-electron chi connectivity index (χ1n) is 9.79. The van der Waals surface area contributed by atoms with Crippen molar-refractivity contribution in [2.24, 2.45) is 4.99 Å². The molecule has 0 saturated carbocycles. The van der Waals surface area contributed by atoms with Crippen molar-refractivity contribution in [3.8, 4) is 0 Å². The summed E-state index contributed by atoms with van der Waals surface area (Å²) >= 11 is 0. The van der Waals surface area contributed by atoms with Gasteiger partial charge < -0.3 is 5.32 Å². The molecule has 0 aliphatic heterocycles. The van der Waals surface area contributed by atoms with E-state index in [1.165, 1.54) is 17.2 Å². The quantitative estimate of drug-likeness (QED) is 0.486. The van der Waals surface area contributed by atoms with Crippen LogP contribution in [-0.4, -0.2) is 5.71 Å². The van der Waals surface area contributed by atoms with Crippen LogP contribution in [0.4, 0.5) is 24.5 Å². The van der Waals surface area contributed by atoms with E-state index in [-0.39, 0.29) is 0 Å². The van der Waals surface area contributed by atoms with Crippen LogP contribution in [-0.2, 0) is 6.18 Å². The number of allylic oxidation sites excluding steroid dienone is 2. The Labute approximate surface area is 171 Å². The minimum atomic E-state index is -4.36. The van der Waals surface area contributed by atoms with Gasteiger partial charge in [-0.15, -0.1) is 0 Å². The molecular formula is C24H29F3N2. The standard InChI is InChI=1S/C24H29F3N2/c1-15(2)21-11-8-12-22(16(3)4)23(21)29-18(6)13-17(5)28-20-10-7-9-19(14-20)24(25,26)27/h7-16,28H,1-6H3/b17-13+,29-18?. The predicted octanol–water partition coefficient (Wildman–Crippen LogP) is 8.06.